The maximum absolute atomic E-state index is 11.9. The van der Waals surface area contributed by atoms with E-state index >= 15 is 0 Å². The number of hydrogen-bond donors (Lipinski definition) is 0. The summed E-state index contributed by atoms with van der Waals surface area (Å²) in [5.74, 6) is 1.71. The van der Waals surface area contributed by atoms with Crippen LogP contribution in [0.3, 0.4) is 0 Å². The van der Waals surface area contributed by atoms with Gasteiger partial charge in [-0.2, -0.15) is 0 Å². The minimum atomic E-state index is -4.12. The van der Waals surface area contributed by atoms with E-state index in [1.165, 1.54) is 154 Å². The zero-order valence-electron chi connectivity index (χ0n) is 29.5. The Kier molecular flexibility index (Phi) is 43.2. The third-order valence-electron chi connectivity index (χ3n) is 8.35. The Morgan fingerprint density at radius 3 is 0.814 bits per heavy atom. The van der Waals surface area contributed by atoms with Gasteiger partial charge in [0.2, 0.25) is 0 Å². The maximum Gasteiger partial charge on any atom is 4.00 e. The Hall–Kier alpha value is 1.53. The first kappa shape index (κ1) is 48.9. The fraction of sp³-hybridized carbons (Fsp3) is 1.00. The summed E-state index contributed by atoms with van der Waals surface area (Å²) in [6, 6.07) is 0. The molecule has 0 N–H and O–H groups in total. The molecule has 0 saturated carbocycles. The first-order chi connectivity index (χ1) is 19.8. The van der Waals surface area contributed by atoms with E-state index in [4.69, 9.17) is 9.05 Å². The molecule has 0 aromatic carbocycles. The molecule has 43 heavy (non-hydrogen) atoms. The molecule has 0 spiro atoms. The van der Waals surface area contributed by atoms with Crippen LogP contribution < -0.4 is 4.89 Å². The van der Waals surface area contributed by atoms with Crippen molar-refractivity contribution in [2.45, 2.75) is 207 Å². The first-order valence-corrected chi connectivity index (χ1v) is 19.9. The quantitative estimate of drug-likeness (QED) is 0.0377. The molecule has 0 atom stereocenters. The van der Waals surface area contributed by atoms with Gasteiger partial charge in [0.25, 0.3) is 7.82 Å². The van der Waals surface area contributed by atoms with Crippen LogP contribution in [0, 0.1) is 11.8 Å². The Labute approximate surface area is 300 Å². The van der Waals surface area contributed by atoms with Crippen molar-refractivity contribution in [3.05, 3.63) is 0 Å². The summed E-state index contributed by atoms with van der Waals surface area (Å²) < 4.78 is 22.0. The van der Waals surface area contributed by atoms with Crippen LogP contribution in [0.15, 0.2) is 0 Å². The molecule has 4 nitrogen and oxygen atoms in total. The van der Waals surface area contributed by atoms with E-state index in [1.807, 2.05) is 0 Å². The second kappa shape index (κ2) is 38.0. The molecule has 0 unspecified atom stereocenters. The molecule has 248 valence electrons. The van der Waals surface area contributed by atoms with Crippen LogP contribution in [-0.4, -0.2) is 30.6 Å². The van der Waals surface area contributed by atoms with Gasteiger partial charge in [-0.3, -0.25) is 4.57 Å². The second-order valence-electron chi connectivity index (χ2n) is 13.7. The minimum Gasteiger partial charge on any atom is -0.756 e. The van der Waals surface area contributed by atoms with Crippen LogP contribution in [0.25, 0.3) is 0 Å². The van der Waals surface area contributed by atoms with E-state index in [-0.39, 0.29) is 56.8 Å². The van der Waals surface area contributed by atoms with E-state index < -0.39 is 7.82 Å². The van der Waals surface area contributed by atoms with Gasteiger partial charge in [-0.15, -0.1) is 0 Å². The normalized spacial score (nSPS) is 11.7. The molecule has 0 aromatic heterocycles. The van der Waals surface area contributed by atoms with Crippen molar-refractivity contribution in [2.75, 3.05) is 13.2 Å². The molecule has 0 aliphatic rings. The molecular weight excluding hydrogens is 646 g/mol. The van der Waals surface area contributed by atoms with E-state index in [0.717, 1.165) is 37.5 Å². The summed E-state index contributed by atoms with van der Waals surface area (Å²) in [6.07, 6.45) is 36.1. The van der Waals surface area contributed by atoms with Gasteiger partial charge in [0.1, 0.15) is 0 Å². The molecule has 0 aromatic rings. The Morgan fingerprint density at radius 2 is 0.605 bits per heavy atom. The van der Waals surface area contributed by atoms with Gasteiger partial charge in [-0.25, -0.2) is 0 Å². The standard InChI is InChI=1S/C36H75O4P.Al.Zr/c1-35(2)31-27-23-19-15-11-7-5-9-13-17-21-25-29-33-39-41(37,38)40-34-30-26-22-18-14-10-6-8-12-16-20-24-28-32-36(3)4;;/h35-36H,5-34H2,1-4H3,(H,37,38);;/q;+3;+4/p-1. The number of rotatable bonds is 34. The van der Waals surface area contributed by atoms with Crippen molar-refractivity contribution in [3.63, 3.8) is 0 Å². The van der Waals surface area contributed by atoms with E-state index in [2.05, 4.69) is 27.7 Å². The summed E-state index contributed by atoms with van der Waals surface area (Å²) in [5, 5.41) is 0. The van der Waals surface area contributed by atoms with Gasteiger partial charge < -0.3 is 13.9 Å². The van der Waals surface area contributed by atoms with Crippen LogP contribution in [0.1, 0.15) is 207 Å². The summed E-state index contributed by atoms with van der Waals surface area (Å²) in [6.45, 7) is 9.79. The van der Waals surface area contributed by atoms with Crippen molar-refractivity contribution in [2.24, 2.45) is 11.8 Å². The summed E-state index contributed by atoms with van der Waals surface area (Å²) >= 11 is 0. The Bertz CT molecular complexity index is 521. The topological polar surface area (TPSA) is 58.6 Å². The van der Waals surface area contributed by atoms with Gasteiger partial charge >= 0.3 is 43.6 Å². The molecule has 0 amide bonds. The van der Waals surface area contributed by atoms with Crippen LogP contribution in [0.4, 0.5) is 0 Å². The molecule has 0 radical (unpaired) electrons. The van der Waals surface area contributed by atoms with E-state index in [0.29, 0.717) is 0 Å². The molecule has 0 heterocycles. The Morgan fingerprint density at radius 1 is 0.419 bits per heavy atom. The van der Waals surface area contributed by atoms with Gasteiger partial charge in [0.15, 0.2) is 0 Å². The van der Waals surface area contributed by atoms with Gasteiger partial charge in [0.05, 0.1) is 13.2 Å². The maximum atomic E-state index is 11.9. The van der Waals surface area contributed by atoms with Gasteiger partial charge in [-0.1, -0.05) is 195 Å². The van der Waals surface area contributed by atoms with Crippen molar-refractivity contribution in [1.29, 1.82) is 0 Å². The largest absolute Gasteiger partial charge is 4.00 e. The zero-order valence-corrected chi connectivity index (χ0v) is 34.0. The molecule has 7 heteroatoms. The van der Waals surface area contributed by atoms with Crippen molar-refractivity contribution in [3.8, 4) is 0 Å². The first-order valence-electron chi connectivity index (χ1n) is 18.4. The molecule has 0 bridgehead atoms. The SMILES string of the molecule is CC(C)CCCCCCCCCCCCCCCOP(=O)([O-])OCCCCCCCCCCCCCCCC(C)C.[Al+3].[Zr+4]. The summed E-state index contributed by atoms with van der Waals surface area (Å²) in [5.41, 5.74) is 0. The van der Waals surface area contributed by atoms with Crippen LogP contribution >= 0.6 is 7.82 Å². The number of unbranched alkanes of at least 4 members (excludes halogenated alkanes) is 24. The molecular formula is C36H74AlO4PZr+6. The summed E-state index contributed by atoms with van der Waals surface area (Å²) in [7, 11) is -4.12. The fourth-order valence-electron chi connectivity index (χ4n) is 5.59. The minimum absolute atomic E-state index is 0. The molecule has 0 saturated heterocycles. The Balaban J connectivity index is -0.00000800. The fourth-order valence-corrected chi connectivity index (χ4v) is 6.37. The molecule has 0 aliphatic heterocycles. The number of hydrogen-bond acceptors (Lipinski definition) is 4. The van der Waals surface area contributed by atoms with Crippen molar-refractivity contribution < 1.29 is 44.7 Å². The predicted molar refractivity (Wildman–Crippen MR) is 184 cm³/mol. The molecule has 0 aliphatic carbocycles. The van der Waals surface area contributed by atoms with Crippen molar-refractivity contribution >= 4 is 25.2 Å². The summed E-state index contributed by atoms with van der Waals surface area (Å²) in [4.78, 5) is 11.9. The zero-order chi connectivity index (χ0) is 30.3. The van der Waals surface area contributed by atoms with E-state index in [1.54, 1.807) is 0 Å². The smallest absolute Gasteiger partial charge is 0.756 e. The monoisotopic (exact) mass is 718 g/mol. The van der Waals surface area contributed by atoms with Gasteiger partial charge in [0, 0.05) is 0 Å². The predicted octanol–water partition coefficient (Wildman–Crippen LogP) is 12.3. The van der Waals surface area contributed by atoms with Crippen LogP contribution in [-0.2, 0) is 39.8 Å². The van der Waals surface area contributed by atoms with Gasteiger partial charge in [-0.05, 0) is 24.7 Å². The third-order valence-corrected chi connectivity index (χ3v) is 9.35. The average molecular weight is 720 g/mol. The number of phosphoric acid groups is 1. The second-order valence-corrected chi connectivity index (χ2v) is 15.1. The third kappa shape index (κ3) is 43.5. The van der Waals surface area contributed by atoms with Crippen LogP contribution in [0.5, 0.6) is 0 Å². The van der Waals surface area contributed by atoms with Crippen molar-refractivity contribution in [1.82, 2.24) is 0 Å². The van der Waals surface area contributed by atoms with E-state index in [9.17, 15) is 9.46 Å². The number of phosphoric ester groups is 1. The van der Waals surface area contributed by atoms with Crippen LogP contribution in [0.2, 0.25) is 0 Å². The average Bonchev–Trinajstić information content (AvgIpc) is 2.92. The molecule has 0 fully saturated rings. The molecule has 0 rings (SSSR count).